The zero-order valence-electron chi connectivity index (χ0n) is 12.3. The average Bonchev–Trinajstić information content (AvgIpc) is 2.97. The lowest BCUT2D eigenvalue weighted by atomic mass is 10.1. The van der Waals surface area contributed by atoms with Crippen LogP contribution in [0.4, 0.5) is 5.95 Å². The summed E-state index contributed by atoms with van der Waals surface area (Å²) in [6, 6.07) is 5.16. The van der Waals surface area contributed by atoms with E-state index in [1.165, 1.54) is 14.2 Å². The van der Waals surface area contributed by atoms with Crippen molar-refractivity contribution in [2.45, 2.75) is 18.1 Å². The molecule has 1 aliphatic rings. The third-order valence-electron chi connectivity index (χ3n) is 3.35. The smallest absolute Gasteiger partial charge is 0.261 e. The molecule has 0 unspecified atom stereocenters. The summed E-state index contributed by atoms with van der Waals surface area (Å²) in [6.45, 7) is 0.806. The van der Waals surface area contributed by atoms with Gasteiger partial charge in [0, 0.05) is 12.3 Å². The number of methoxy groups -OCH3 is 2. The van der Waals surface area contributed by atoms with Crippen LogP contribution in [0.15, 0.2) is 23.4 Å². The van der Waals surface area contributed by atoms with E-state index in [-0.39, 0.29) is 5.91 Å². The van der Waals surface area contributed by atoms with E-state index >= 15 is 0 Å². The highest BCUT2D eigenvalue weighted by Crippen LogP contribution is 2.31. The molecule has 116 valence electrons. The number of hydrogen-bond acceptors (Lipinski definition) is 6. The lowest BCUT2D eigenvalue weighted by molar-refractivity contribution is 0.102. The number of amides is 1. The molecule has 1 amide bonds. The molecule has 2 heterocycles. The number of anilines is 1. The fourth-order valence-corrected chi connectivity index (χ4v) is 3.20. The van der Waals surface area contributed by atoms with Crippen molar-refractivity contribution in [2.75, 3.05) is 25.3 Å². The van der Waals surface area contributed by atoms with Crippen molar-refractivity contribution < 1.29 is 14.3 Å². The molecule has 2 aromatic rings. The summed E-state index contributed by atoms with van der Waals surface area (Å²) in [6.07, 6.45) is 1.03. The van der Waals surface area contributed by atoms with Gasteiger partial charge in [-0.15, -0.1) is 10.2 Å². The molecule has 1 aliphatic heterocycles. The summed E-state index contributed by atoms with van der Waals surface area (Å²) in [7, 11) is 3.04. The molecule has 7 nitrogen and oxygen atoms in total. The second kappa shape index (κ2) is 6.27. The predicted molar refractivity (Wildman–Crippen MR) is 82.9 cm³/mol. The highest BCUT2D eigenvalue weighted by molar-refractivity contribution is 7.99. The maximum Gasteiger partial charge on any atom is 0.261 e. The molecule has 22 heavy (non-hydrogen) atoms. The van der Waals surface area contributed by atoms with Crippen LogP contribution >= 0.6 is 11.8 Å². The molecule has 0 radical (unpaired) electrons. The van der Waals surface area contributed by atoms with E-state index < -0.39 is 0 Å². The molecule has 0 atom stereocenters. The Hall–Kier alpha value is -2.22. The molecule has 1 aromatic carbocycles. The third kappa shape index (κ3) is 2.61. The largest absolute Gasteiger partial charge is 0.493 e. The second-order valence-corrected chi connectivity index (χ2v) is 5.72. The SMILES string of the molecule is COc1cccc(C(=O)Nc2nnc3n2CCCS3)c1OC. The van der Waals surface area contributed by atoms with E-state index in [1.807, 2.05) is 4.57 Å². The van der Waals surface area contributed by atoms with Crippen LogP contribution in [-0.2, 0) is 6.54 Å². The predicted octanol–water partition coefficient (Wildman–Crippen LogP) is 2.04. The van der Waals surface area contributed by atoms with Crippen LogP contribution in [-0.4, -0.2) is 40.6 Å². The first-order valence-electron chi connectivity index (χ1n) is 6.83. The number of ether oxygens (including phenoxy) is 2. The van der Waals surface area contributed by atoms with Gasteiger partial charge in [0.2, 0.25) is 5.95 Å². The second-order valence-electron chi connectivity index (χ2n) is 4.66. The molecule has 1 N–H and O–H groups in total. The van der Waals surface area contributed by atoms with Crippen LogP contribution in [0.25, 0.3) is 0 Å². The first kappa shape index (κ1) is 14.7. The number of hydrogen-bond donors (Lipinski definition) is 1. The van der Waals surface area contributed by atoms with Gasteiger partial charge in [-0.1, -0.05) is 17.8 Å². The number of carbonyl (C=O) groups excluding carboxylic acids is 1. The average molecular weight is 320 g/mol. The van der Waals surface area contributed by atoms with Gasteiger partial charge in [0.15, 0.2) is 16.7 Å². The highest BCUT2D eigenvalue weighted by atomic mass is 32.2. The van der Waals surface area contributed by atoms with Crippen molar-refractivity contribution in [3.05, 3.63) is 23.8 Å². The van der Waals surface area contributed by atoms with Gasteiger partial charge in [0.05, 0.1) is 19.8 Å². The Balaban J connectivity index is 1.88. The number of carbonyl (C=O) groups is 1. The fourth-order valence-electron chi connectivity index (χ4n) is 2.31. The molecule has 0 bridgehead atoms. The molecule has 0 saturated carbocycles. The Morgan fingerprint density at radius 3 is 2.95 bits per heavy atom. The van der Waals surface area contributed by atoms with Crippen molar-refractivity contribution in [1.82, 2.24) is 14.8 Å². The highest BCUT2D eigenvalue weighted by Gasteiger charge is 2.21. The lowest BCUT2D eigenvalue weighted by Crippen LogP contribution is -2.18. The summed E-state index contributed by atoms with van der Waals surface area (Å²) in [4.78, 5) is 12.5. The van der Waals surface area contributed by atoms with Gasteiger partial charge in [0.25, 0.3) is 5.91 Å². The molecule has 0 spiro atoms. The van der Waals surface area contributed by atoms with Crippen LogP contribution in [0.1, 0.15) is 16.8 Å². The molecule has 8 heteroatoms. The number of para-hydroxylation sites is 1. The van der Waals surface area contributed by atoms with E-state index in [9.17, 15) is 4.79 Å². The molecule has 3 rings (SSSR count). The quantitative estimate of drug-likeness (QED) is 0.929. The van der Waals surface area contributed by atoms with Crippen molar-refractivity contribution >= 4 is 23.6 Å². The summed E-state index contributed by atoms with van der Waals surface area (Å²) in [5.41, 5.74) is 0.391. The molecule has 0 saturated heterocycles. The van der Waals surface area contributed by atoms with E-state index in [1.54, 1.807) is 30.0 Å². The van der Waals surface area contributed by atoms with Crippen LogP contribution in [0.3, 0.4) is 0 Å². The summed E-state index contributed by atoms with van der Waals surface area (Å²) < 4.78 is 12.4. The summed E-state index contributed by atoms with van der Waals surface area (Å²) in [5.74, 6) is 2.08. The van der Waals surface area contributed by atoms with Crippen molar-refractivity contribution in [1.29, 1.82) is 0 Å². The van der Waals surface area contributed by atoms with Gasteiger partial charge in [-0.2, -0.15) is 0 Å². The summed E-state index contributed by atoms with van der Waals surface area (Å²) >= 11 is 1.64. The van der Waals surface area contributed by atoms with Crippen LogP contribution in [0, 0.1) is 0 Å². The van der Waals surface area contributed by atoms with Gasteiger partial charge in [-0.25, -0.2) is 0 Å². The first-order chi connectivity index (χ1) is 10.7. The lowest BCUT2D eigenvalue weighted by Gasteiger charge is -2.15. The zero-order chi connectivity index (χ0) is 15.5. The Morgan fingerprint density at radius 1 is 1.32 bits per heavy atom. The van der Waals surface area contributed by atoms with Crippen molar-refractivity contribution in [2.24, 2.45) is 0 Å². The van der Waals surface area contributed by atoms with E-state index in [2.05, 4.69) is 15.5 Å². The van der Waals surface area contributed by atoms with Gasteiger partial charge in [-0.05, 0) is 18.6 Å². The van der Waals surface area contributed by atoms with Crippen molar-refractivity contribution in [3.63, 3.8) is 0 Å². The number of rotatable bonds is 4. The molecule has 0 aliphatic carbocycles. The number of thioether (sulfide) groups is 1. The van der Waals surface area contributed by atoms with Gasteiger partial charge in [-0.3, -0.25) is 14.7 Å². The Morgan fingerprint density at radius 2 is 2.18 bits per heavy atom. The minimum Gasteiger partial charge on any atom is -0.493 e. The van der Waals surface area contributed by atoms with Gasteiger partial charge in [0.1, 0.15) is 0 Å². The minimum atomic E-state index is -0.304. The summed E-state index contributed by atoms with van der Waals surface area (Å²) in [5, 5.41) is 11.8. The minimum absolute atomic E-state index is 0.304. The van der Waals surface area contributed by atoms with Crippen LogP contribution < -0.4 is 14.8 Å². The number of aromatic nitrogens is 3. The third-order valence-corrected chi connectivity index (χ3v) is 4.40. The van der Waals surface area contributed by atoms with Crippen LogP contribution in [0.5, 0.6) is 11.5 Å². The van der Waals surface area contributed by atoms with Crippen LogP contribution in [0.2, 0.25) is 0 Å². The monoisotopic (exact) mass is 320 g/mol. The molecular weight excluding hydrogens is 304 g/mol. The maximum atomic E-state index is 12.5. The fraction of sp³-hybridized carbons (Fsp3) is 0.357. The normalized spacial score (nSPS) is 13.4. The van der Waals surface area contributed by atoms with E-state index in [0.717, 1.165) is 23.9 Å². The number of nitrogens with one attached hydrogen (secondary N) is 1. The molecule has 1 aromatic heterocycles. The van der Waals surface area contributed by atoms with Gasteiger partial charge >= 0.3 is 0 Å². The number of benzene rings is 1. The number of nitrogens with zero attached hydrogens (tertiary/aromatic N) is 3. The van der Waals surface area contributed by atoms with Gasteiger partial charge < -0.3 is 9.47 Å². The van der Waals surface area contributed by atoms with E-state index in [0.29, 0.717) is 23.0 Å². The Labute approximate surface area is 132 Å². The molecular formula is C14H16N4O3S. The Kier molecular flexibility index (Phi) is 4.19. The zero-order valence-corrected chi connectivity index (χ0v) is 13.1. The standard InChI is InChI=1S/C14H16N4O3S/c1-20-10-6-3-5-9(11(10)21-2)12(19)15-13-16-17-14-18(13)7-4-8-22-14/h3,5-6H,4,7-8H2,1-2H3,(H,15,16,19). The first-order valence-corrected chi connectivity index (χ1v) is 7.81. The topological polar surface area (TPSA) is 78.3 Å². The Bertz CT molecular complexity index is 701. The maximum absolute atomic E-state index is 12.5. The van der Waals surface area contributed by atoms with E-state index in [4.69, 9.17) is 9.47 Å². The van der Waals surface area contributed by atoms with Crippen molar-refractivity contribution in [3.8, 4) is 11.5 Å². The molecule has 0 fully saturated rings. The number of fused-ring (bicyclic) bond motifs is 1.